The van der Waals surface area contributed by atoms with Crippen LogP contribution in [0.5, 0.6) is 0 Å². The van der Waals surface area contributed by atoms with E-state index >= 15 is 0 Å². The molecule has 2 N–H and O–H groups in total. The van der Waals surface area contributed by atoms with Crippen molar-refractivity contribution in [3.8, 4) is 0 Å². The van der Waals surface area contributed by atoms with Gasteiger partial charge in [0.15, 0.2) is 0 Å². The molecule has 28 heavy (non-hydrogen) atoms. The Morgan fingerprint density at radius 2 is 1.86 bits per heavy atom. The topological polar surface area (TPSA) is 75.3 Å². The Kier molecular flexibility index (Phi) is 6.29. The fraction of sp³-hybridized carbons (Fsp3) is 0.318. The summed E-state index contributed by atoms with van der Waals surface area (Å²) in [5.74, 6) is -0.519. The second-order valence-electron chi connectivity index (χ2n) is 7.03. The standard InChI is InChI=1S/C22H23BrN2O3/c1-2-22(14-13-20(27)25-21(22)28)16-8-10-17(11-9-16)24-19(26)12-7-15-5-3-4-6-18(15)23/h3-6,8-11H,2,7,12-14H2,1H3,(H,24,26)(H,25,27,28). The number of hydrogen-bond acceptors (Lipinski definition) is 3. The van der Waals surface area contributed by atoms with Gasteiger partial charge in [-0.1, -0.05) is 53.2 Å². The average molecular weight is 443 g/mol. The lowest BCUT2D eigenvalue weighted by molar-refractivity contribution is -0.138. The van der Waals surface area contributed by atoms with E-state index in [1.165, 1.54) is 0 Å². The van der Waals surface area contributed by atoms with Crippen LogP contribution in [-0.2, 0) is 26.2 Å². The summed E-state index contributed by atoms with van der Waals surface area (Å²) in [6.45, 7) is 1.95. The van der Waals surface area contributed by atoms with Crippen LogP contribution in [0.3, 0.4) is 0 Å². The molecule has 1 fully saturated rings. The van der Waals surface area contributed by atoms with E-state index in [-0.39, 0.29) is 17.7 Å². The minimum atomic E-state index is -0.684. The van der Waals surface area contributed by atoms with E-state index in [0.29, 0.717) is 37.8 Å². The van der Waals surface area contributed by atoms with Crippen molar-refractivity contribution in [2.24, 2.45) is 0 Å². The Balaban J connectivity index is 1.64. The number of rotatable bonds is 6. The molecule has 1 atom stereocenters. The Labute approximate surface area is 173 Å². The largest absolute Gasteiger partial charge is 0.326 e. The van der Waals surface area contributed by atoms with Crippen molar-refractivity contribution in [2.75, 3.05) is 5.32 Å². The summed E-state index contributed by atoms with van der Waals surface area (Å²) in [7, 11) is 0. The van der Waals surface area contributed by atoms with E-state index < -0.39 is 5.41 Å². The molecule has 1 unspecified atom stereocenters. The lowest BCUT2D eigenvalue weighted by Crippen LogP contribution is -2.51. The highest BCUT2D eigenvalue weighted by atomic mass is 79.9. The molecule has 2 aromatic rings. The van der Waals surface area contributed by atoms with Crippen LogP contribution in [0, 0.1) is 0 Å². The Hall–Kier alpha value is -2.47. The van der Waals surface area contributed by atoms with Crippen molar-refractivity contribution in [3.63, 3.8) is 0 Å². The SMILES string of the molecule is CCC1(c2ccc(NC(=O)CCc3ccccc3Br)cc2)CCC(=O)NC1=O. The molecule has 0 aromatic heterocycles. The highest BCUT2D eigenvalue weighted by Crippen LogP contribution is 2.36. The van der Waals surface area contributed by atoms with Crippen LogP contribution < -0.4 is 10.6 Å². The first-order chi connectivity index (χ1) is 13.4. The first-order valence-corrected chi connectivity index (χ1v) is 10.2. The van der Waals surface area contributed by atoms with Gasteiger partial charge in [0.25, 0.3) is 0 Å². The van der Waals surface area contributed by atoms with Gasteiger partial charge in [-0.15, -0.1) is 0 Å². The van der Waals surface area contributed by atoms with Crippen molar-refractivity contribution in [2.45, 2.75) is 44.4 Å². The highest BCUT2D eigenvalue weighted by molar-refractivity contribution is 9.10. The van der Waals surface area contributed by atoms with Crippen molar-refractivity contribution in [1.29, 1.82) is 0 Å². The molecule has 0 saturated carbocycles. The third kappa shape index (κ3) is 4.33. The number of hydrogen-bond donors (Lipinski definition) is 2. The van der Waals surface area contributed by atoms with E-state index in [1.807, 2.05) is 55.5 Å². The van der Waals surface area contributed by atoms with Crippen LogP contribution in [0.1, 0.15) is 43.7 Å². The number of imide groups is 1. The van der Waals surface area contributed by atoms with Crippen molar-refractivity contribution < 1.29 is 14.4 Å². The first-order valence-electron chi connectivity index (χ1n) is 9.42. The maximum Gasteiger partial charge on any atom is 0.237 e. The van der Waals surface area contributed by atoms with Crippen LogP contribution in [0.2, 0.25) is 0 Å². The number of nitrogens with one attached hydrogen (secondary N) is 2. The summed E-state index contributed by atoms with van der Waals surface area (Å²) in [6.07, 6.45) is 2.50. The Bertz CT molecular complexity index is 895. The van der Waals surface area contributed by atoms with Gasteiger partial charge in [0.2, 0.25) is 17.7 Å². The molecule has 146 valence electrons. The van der Waals surface area contributed by atoms with Gasteiger partial charge >= 0.3 is 0 Å². The molecule has 1 saturated heterocycles. The fourth-order valence-corrected chi connectivity index (χ4v) is 4.09. The molecular weight excluding hydrogens is 420 g/mol. The molecule has 3 amide bonds. The molecule has 2 aromatic carbocycles. The molecule has 0 spiro atoms. The summed E-state index contributed by atoms with van der Waals surface area (Å²) >= 11 is 3.49. The number of benzene rings is 2. The maximum atomic E-state index is 12.5. The van der Waals surface area contributed by atoms with Gasteiger partial charge in [-0.25, -0.2) is 0 Å². The lowest BCUT2D eigenvalue weighted by Gasteiger charge is -2.35. The number of carbonyl (C=O) groups excluding carboxylic acids is 3. The van der Waals surface area contributed by atoms with Crippen molar-refractivity contribution >= 4 is 39.3 Å². The molecule has 5 nitrogen and oxygen atoms in total. The number of amides is 3. The molecule has 1 aliphatic heterocycles. The Morgan fingerprint density at radius 3 is 2.50 bits per heavy atom. The molecule has 3 rings (SSSR count). The summed E-state index contributed by atoms with van der Waals surface area (Å²) < 4.78 is 1.00. The number of piperidine rings is 1. The zero-order valence-electron chi connectivity index (χ0n) is 15.8. The maximum absolute atomic E-state index is 12.5. The van der Waals surface area contributed by atoms with E-state index in [0.717, 1.165) is 15.6 Å². The molecule has 1 heterocycles. The second kappa shape index (κ2) is 8.69. The minimum Gasteiger partial charge on any atom is -0.326 e. The van der Waals surface area contributed by atoms with E-state index in [4.69, 9.17) is 0 Å². The van der Waals surface area contributed by atoms with Crippen LogP contribution in [0.4, 0.5) is 5.69 Å². The van der Waals surface area contributed by atoms with E-state index in [2.05, 4.69) is 26.6 Å². The summed E-state index contributed by atoms with van der Waals surface area (Å²) in [6, 6.07) is 15.2. The van der Waals surface area contributed by atoms with Crippen LogP contribution >= 0.6 is 15.9 Å². The third-order valence-electron chi connectivity index (χ3n) is 5.37. The monoisotopic (exact) mass is 442 g/mol. The highest BCUT2D eigenvalue weighted by Gasteiger charge is 2.42. The molecule has 0 bridgehead atoms. The predicted octanol–water partition coefficient (Wildman–Crippen LogP) is 4.10. The summed E-state index contributed by atoms with van der Waals surface area (Å²) in [5.41, 5.74) is 1.97. The predicted molar refractivity (Wildman–Crippen MR) is 112 cm³/mol. The second-order valence-corrected chi connectivity index (χ2v) is 7.88. The van der Waals surface area contributed by atoms with Gasteiger partial charge in [0.1, 0.15) is 0 Å². The molecule has 0 aliphatic carbocycles. The van der Waals surface area contributed by atoms with Gasteiger partial charge in [0, 0.05) is 23.0 Å². The fourth-order valence-electron chi connectivity index (χ4n) is 3.61. The summed E-state index contributed by atoms with van der Waals surface area (Å²) in [4.78, 5) is 36.2. The zero-order valence-corrected chi connectivity index (χ0v) is 17.3. The van der Waals surface area contributed by atoms with Crippen molar-refractivity contribution in [3.05, 3.63) is 64.1 Å². The molecular formula is C22H23BrN2O3. The van der Waals surface area contributed by atoms with Gasteiger partial charge in [-0.2, -0.15) is 0 Å². The van der Waals surface area contributed by atoms with Gasteiger partial charge in [0.05, 0.1) is 5.41 Å². The zero-order chi connectivity index (χ0) is 20.1. The third-order valence-corrected chi connectivity index (χ3v) is 6.14. The van der Waals surface area contributed by atoms with Gasteiger partial charge in [-0.3, -0.25) is 19.7 Å². The quantitative estimate of drug-likeness (QED) is 0.660. The number of carbonyl (C=O) groups is 3. The number of aryl methyl sites for hydroxylation is 1. The molecule has 6 heteroatoms. The van der Waals surface area contributed by atoms with E-state index in [1.54, 1.807) is 0 Å². The lowest BCUT2D eigenvalue weighted by atomic mass is 9.72. The normalized spacial score (nSPS) is 19.2. The van der Waals surface area contributed by atoms with E-state index in [9.17, 15) is 14.4 Å². The molecule has 1 aliphatic rings. The molecule has 0 radical (unpaired) electrons. The van der Waals surface area contributed by atoms with Gasteiger partial charge < -0.3 is 5.32 Å². The van der Waals surface area contributed by atoms with Crippen molar-refractivity contribution in [1.82, 2.24) is 5.32 Å². The Morgan fingerprint density at radius 1 is 1.14 bits per heavy atom. The van der Waals surface area contributed by atoms with Crippen LogP contribution in [0.15, 0.2) is 53.0 Å². The first kappa shape index (κ1) is 20.3. The van der Waals surface area contributed by atoms with Crippen LogP contribution in [0.25, 0.3) is 0 Å². The summed E-state index contributed by atoms with van der Waals surface area (Å²) in [5, 5.41) is 5.35. The number of anilines is 1. The minimum absolute atomic E-state index is 0.0605. The van der Waals surface area contributed by atoms with Gasteiger partial charge in [-0.05, 0) is 48.6 Å². The smallest absolute Gasteiger partial charge is 0.237 e. The van der Waals surface area contributed by atoms with Crippen LogP contribution in [-0.4, -0.2) is 17.7 Å². The number of halogens is 1. The average Bonchev–Trinajstić information content (AvgIpc) is 2.69.